The number of carbonyl (C=O) groups is 2. The number of rotatable bonds is 8. The smallest absolute Gasteiger partial charge is 0.290 e. The van der Waals surface area contributed by atoms with E-state index in [1.165, 1.54) is 32.3 Å². The van der Waals surface area contributed by atoms with E-state index in [2.05, 4.69) is 0 Å². The summed E-state index contributed by atoms with van der Waals surface area (Å²) >= 11 is 0. The summed E-state index contributed by atoms with van der Waals surface area (Å²) in [5, 5.41) is 10.6. The highest BCUT2D eigenvalue weighted by Gasteiger charge is 2.44. The second kappa shape index (κ2) is 8.40. The van der Waals surface area contributed by atoms with E-state index in [1.54, 1.807) is 31.2 Å². The van der Waals surface area contributed by atoms with Crippen LogP contribution < -0.4 is 9.47 Å². The molecule has 1 atom stereocenters. The first-order valence-electron chi connectivity index (χ1n) is 8.99. The van der Waals surface area contributed by atoms with Crippen molar-refractivity contribution in [2.45, 2.75) is 13.0 Å². The van der Waals surface area contributed by atoms with Crippen LogP contribution in [0.3, 0.4) is 0 Å². The van der Waals surface area contributed by atoms with Gasteiger partial charge in [0.1, 0.15) is 5.76 Å². The minimum Gasteiger partial charge on any atom is -0.503 e. The van der Waals surface area contributed by atoms with Crippen molar-refractivity contribution in [3.05, 3.63) is 58.7 Å². The van der Waals surface area contributed by atoms with Crippen LogP contribution >= 0.6 is 0 Å². The molecule has 1 N–H and O–H groups in total. The number of methoxy groups -OCH3 is 3. The van der Waals surface area contributed by atoms with Crippen molar-refractivity contribution in [3.8, 4) is 11.5 Å². The fourth-order valence-corrected chi connectivity index (χ4v) is 3.36. The maximum absolute atomic E-state index is 13.1. The van der Waals surface area contributed by atoms with Gasteiger partial charge in [0.2, 0.25) is 5.78 Å². The van der Waals surface area contributed by atoms with E-state index >= 15 is 0 Å². The van der Waals surface area contributed by atoms with Crippen molar-refractivity contribution in [2.75, 3.05) is 34.5 Å². The van der Waals surface area contributed by atoms with E-state index in [4.69, 9.17) is 18.6 Å². The minimum atomic E-state index is -0.824. The summed E-state index contributed by atoms with van der Waals surface area (Å²) in [5.41, 5.74) is 0.537. The van der Waals surface area contributed by atoms with Gasteiger partial charge in [0, 0.05) is 13.7 Å². The van der Waals surface area contributed by atoms with Gasteiger partial charge in [0.05, 0.1) is 32.4 Å². The topological polar surface area (TPSA) is 98.4 Å². The van der Waals surface area contributed by atoms with Crippen LogP contribution in [0.2, 0.25) is 0 Å². The van der Waals surface area contributed by atoms with Crippen LogP contribution in [0.15, 0.2) is 46.1 Å². The highest BCUT2D eigenvalue weighted by Crippen LogP contribution is 2.41. The van der Waals surface area contributed by atoms with Crippen LogP contribution in [0, 0.1) is 6.92 Å². The van der Waals surface area contributed by atoms with Crippen molar-refractivity contribution in [1.82, 2.24) is 4.90 Å². The van der Waals surface area contributed by atoms with Crippen LogP contribution in [0.25, 0.3) is 0 Å². The summed E-state index contributed by atoms with van der Waals surface area (Å²) < 4.78 is 21.1. The maximum Gasteiger partial charge on any atom is 0.290 e. The zero-order valence-corrected chi connectivity index (χ0v) is 16.7. The van der Waals surface area contributed by atoms with Gasteiger partial charge in [0.25, 0.3) is 5.91 Å². The third kappa shape index (κ3) is 3.71. The Morgan fingerprint density at radius 1 is 1.14 bits per heavy atom. The van der Waals surface area contributed by atoms with Gasteiger partial charge in [-0.25, -0.2) is 0 Å². The Morgan fingerprint density at radius 2 is 1.86 bits per heavy atom. The first-order chi connectivity index (χ1) is 13.9. The van der Waals surface area contributed by atoms with Gasteiger partial charge < -0.3 is 28.6 Å². The minimum absolute atomic E-state index is 0.0485. The number of hydrogen-bond acceptors (Lipinski definition) is 7. The van der Waals surface area contributed by atoms with Gasteiger partial charge >= 0.3 is 0 Å². The Bertz CT molecular complexity index is 960. The van der Waals surface area contributed by atoms with Gasteiger partial charge in [-0.2, -0.15) is 0 Å². The lowest BCUT2D eigenvalue weighted by molar-refractivity contribution is -0.130. The molecule has 8 heteroatoms. The van der Waals surface area contributed by atoms with E-state index in [0.29, 0.717) is 22.8 Å². The number of hydrogen-bond donors (Lipinski definition) is 1. The van der Waals surface area contributed by atoms with Gasteiger partial charge in [-0.1, -0.05) is 6.07 Å². The summed E-state index contributed by atoms with van der Waals surface area (Å²) in [6.07, 6.45) is 0. The summed E-state index contributed by atoms with van der Waals surface area (Å²) in [6, 6.07) is 7.42. The molecule has 1 aromatic heterocycles. The number of carbonyl (C=O) groups excluding carboxylic acids is 2. The molecule has 154 valence electrons. The molecule has 2 aromatic rings. The molecule has 1 aliphatic heterocycles. The molecule has 0 saturated heterocycles. The third-order valence-corrected chi connectivity index (χ3v) is 4.77. The molecule has 1 amide bonds. The Morgan fingerprint density at radius 3 is 2.45 bits per heavy atom. The number of amides is 1. The fourth-order valence-electron chi connectivity index (χ4n) is 3.36. The van der Waals surface area contributed by atoms with E-state index in [1.807, 2.05) is 0 Å². The second-order valence-electron chi connectivity index (χ2n) is 6.51. The van der Waals surface area contributed by atoms with Gasteiger partial charge in [-0.3, -0.25) is 9.59 Å². The molecule has 0 spiro atoms. The molecular formula is C21H23NO7. The molecule has 8 nitrogen and oxygen atoms in total. The summed E-state index contributed by atoms with van der Waals surface area (Å²) in [7, 11) is 4.52. The first kappa shape index (κ1) is 20.5. The molecule has 0 fully saturated rings. The lowest BCUT2D eigenvalue weighted by Crippen LogP contribution is -2.34. The van der Waals surface area contributed by atoms with Crippen LogP contribution in [0.5, 0.6) is 11.5 Å². The van der Waals surface area contributed by atoms with Crippen LogP contribution in [0.4, 0.5) is 0 Å². The monoisotopic (exact) mass is 401 g/mol. The van der Waals surface area contributed by atoms with E-state index in [-0.39, 0.29) is 24.5 Å². The molecular weight excluding hydrogens is 378 g/mol. The average molecular weight is 401 g/mol. The predicted molar refractivity (Wildman–Crippen MR) is 103 cm³/mol. The molecule has 0 aliphatic carbocycles. The highest BCUT2D eigenvalue weighted by atomic mass is 16.5. The highest BCUT2D eigenvalue weighted by molar-refractivity contribution is 6.15. The number of ether oxygens (including phenoxy) is 3. The number of Topliss-reactive ketones (excluding diaryl/α,β-unsaturated/α-hetero) is 1. The van der Waals surface area contributed by atoms with Crippen molar-refractivity contribution >= 4 is 11.7 Å². The van der Waals surface area contributed by atoms with Crippen molar-refractivity contribution in [1.29, 1.82) is 0 Å². The lowest BCUT2D eigenvalue weighted by atomic mass is 9.94. The Balaban J connectivity index is 2.11. The van der Waals surface area contributed by atoms with E-state index in [9.17, 15) is 14.7 Å². The lowest BCUT2D eigenvalue weighted by Gasteiger charge is -2.27. The maximum atomic E-state index is 13.1. The number of benzene rings is 1. The summed E-state index contributed by atoms with van der Waals surface area (Å²) in [6.45, 7) is 2.14. The number of aliphatic hydroxyl groups excluding tert-OH is 1. The largest absolute Gasteiger partial charge is 0.503 e. The molecule has 0 unspecified atom stereocenters. The molecule has 3 rings (SSSR count). The number of ketones is 1. The van der Waals surface area contributed by atoms with Crippen molar-refractivity contribution in [3.63, 3.8) is 0 Å². The molecule has 2 heterocycles. The van der Waals surface area contributed by atoms with Gasteiger partial charge in [-0.05, 0) is 36.8 Å². The molecule has 0 bridgehead atoms. The van der Waals surface area contributed by atoms with Gasteiger partial charge in [0.15, 0.2) is 23.0 Å². The van der Waals surface area contributed by atoms with Crippen LogP contribution in [-0.4, -0.2) is 56.2 Å². The Hall–Kier alpha value is -3.26. The zero-order chi connectivity index (χ0) is 21.1. The first-order valence-corrected chi connectivity index (χ1v) is 8.99. The average Bonchev–Trinajstić information content (AvgIpc) is 3.27. The molecule has 0 saturated carbocycles. The fraction of sp³-hybridized carbons (Fsp3) is 0.333. The molecule has 1 aliphatic rings. The normalized spacial score (nSPS) is 16.5. The van der Waals surface area contributed by atoms with Crippen molar-refractivity contribution in [2.24, 2.45) is 0 Å². The summed E-state index contributed by atoms with van der Waals surface area (Å²) in [4.78, 5) is 27.3. The Labute approximate surface area is 168 Å². The molecule has 29 heavy (non-hydrogen) atoms. The zero-order valence-electron chi connectivity index (χ0n) is 16.7. The number of nitrogens with zero attached hydrogens (tertiary/aromatic N) is 1. The third-order valence-electron chi connectivity index (χ3n) is 4.77. The SMILES string of the molecule is COCCN1C(=O)C(O)=C(C(=O)c2ccc(C)o2)[C@H]1c1ccc(OC)c(OC)c1. The number of furan rings is 1. The van der Waals surface area contributed by atoms with E-state index in [0.717, 1.165) is 0 Å². The van der Waals surface area contributed by atoms with Crippen LogP contribution in [0.1, 0.15) is 27.9 Å². The van der Waals surface area contributed by atoms with Crippen LogP contribution in [-0.2, 0) is 9.53 Å². The van der Waals surface area contributed by atoms with Crippen molar-refractivity contribution < 1.29 is 33.3 Å². The van der Waals surface area contributed by atoms with Gasteiger partial charge in [-0.15, -0.1) is 0 Å². The number of aliphatic hydroxyl groups is 1. The molecule has 0 radical (unpaired) electrons. The quantitative estimate of drug-likeness (QED) is 0.679. The summed E-state index contributed by atoms with van der Waals surface area (Å²) in [5.74, 6) is -0.243. The molecule has 1 aromatic carbocycles. The number of aryl methyl sites for hydroxylation is 1. The van der Waals surface area contributed by atoms with E-state index < -0.39 is 23.5 Å². The Kier molecular flexibility index (Phi) is 5.93. The second-order valence-corrected chi connectivity index (χ2v) is 6.51. The standard InChI is InChI=1S/C21H23NO7/c1-12-5-7-15(29-12)19(23)17-18(22(9-10-26-2)21(25)20(17)24)13-6-8-14(27-3)16(11-13)28-4/h5-8,11,18,24H,9-10H2,1-4H3/t18-/m1/s1. The predicted octanol–water partition coefficient (Wildman–Crippen LogP) is 2.83.